The van der Waals surface area contributed by atoms with E-state index < -0.39 is 0 Å². The van der Waals surface area contributed by atoms with Gasteiger partial charge in [0.15, 0.2) is 0 Å². The van der Waals surface area contributed by atoms with E-state index in [1.165, 1.54) is 36.6 Å². The van der Waals surface area contributed by atoms with Crippen LogP contribution >= 0.6 is 0 Å². The molecule has 2 aliphatic rings. The molecule has 0 saturated heterocycles. The van der Waals surface area contributed by atoms with Gasteiger partial charge in [0.1, 0.15) is 5.65 Å². The van der Waals surface area contributed by atoms with Gasteiger partial charge in [0, 0.05) is 30.4 Å². The highest BCUT2D eigenvalue weighted by molar-refractivity contribution is 5.80. The fourth-order valence-electron chi connectivity index (χ4n) is 4.70. The standard InChI is InChI=1S/C18H25N3/c1-12(19)7-16-11-21(18-17(16)3-2-6-20-18)10-15-9-13-4-5-14(15)8-13/h2-3,6,11-15H,4-5,7-10,19H2,1H3. The van der Waals surface area contributed by atoms with Gasteiger partial charge in [0.25, 0.3) is 0 Å². The molecule has 2 N–H and O–H groups in total. The molecule has 0 aromatic carbocycles. The molecule has 3 heteroatoms. The molecule has 0 aliphatic heterocycles. The minimum Gasteiger partial charge on any atom is -0.332 e. The van der Waals surface area contributed by atoms with Crippen molar-refractivity contribution in [3.8, 4) is 0 Å². The predicted octanol–water partition coefficient (Wildman–Crippen LogP) is 3.36. The van der Waals surface area contributed by atoms with Crippen molar-refractivity contribution in [1.82, 2.24) is 9.55 Å². The van der Waals surface area contributed by atoms with Crippen molar-refractivity contribution < 1.29 is 0 Å². The zero-order chi connectivity index (χ0) is 14.4. The molecule has 3 nitrogen and oxygen atoms in total. The molecular formula is C18H25N3. The molecule has 0 radical (unpaired) electrons. The molecule has 2 aromatic heterocycles. The lowest BCUT2D eigenvalue weighted by atomic mass is 9.89. The highest BCUT2D eigenvalue weighted by Gasteiger charge is 2.39. The van der Waals surface area contributed by atoms with Crippen LogP contribution in [0.1, 0.15) is 38.2 Å². The Kier molecular flexibility index (Phi) is 3.26. The number of nitrogens with zero attached hydrogens (tertiary/aromatic N) is 2. The molecule has 4 atom stereocenters. The zero-order valence-corrected chi connectivity index (χ0v) is 12.8. The van der Waals surface area contributed by atoms with Gasteiger partial charge in [-0.1, -0.05) is 6.42 Å². The maximum atomic E-state index is 6.01. The van der Waals surface area contributed by atoms with Crippen LogP contribution in [0.2, 0.25) is 0 Å². The highest BCUT2D eigenvalue weighted by Crippen LogP contribution is 2.49. The van der Waals surface area contributed by atoms with Crippen LogP contribution in [0.25, 0.3) is 11.0 Å². The fraction of sp³-hybridized carbons (Fsp3) is 0.611. The number of pyridine rings is 1. The highest BCUT2D eigenvalue weighted by atomic mass is 15.0. The molecule has 112 valence electrons. The number of aromatic nitrogens is 2. The number of hydrogen-bond donors (Lipinski definition) is 1. The summed E-state index contributed by atoms with van der Waals surface area (Å²) in [5, 5.41) is 1.29. The molecule has 21 heavy (non-hydrogen) atoms. The molecule has 2 bridgehead atoms. The molecule has 4 unspecified atom stereocenters. The summed E-state index contributed by atoms with van der Waals surface area (Å²) in [5.41, 5.74) is 8.51. The average Bonchev–Trinajstić information content (AvgIpc) is 3.15. The van der Waals surface area contributed by atoms with E-state index in [1.54, 1.807) is 0 Å². The van der Waals surface area contributed by atoms with Crippen molar-refractivity contribution in [2.45, 2.75) is 51.6 Å². The summed E-state index contributed by atoms with van der Waals surface area (Å²) < 4.78 is 2.40. The zero-order valence-electron chi connectivity index (χ0n) is 12.8. The first-order valence-corrected chi connectivity index (χ1v) is 8.39. The van der Waals surface area contributed by atoms with Gasteiger partial charge in [0.05, 0.1) is 0 Å². The maximum absolute atomic E-state index is 6.01. The molecular weight excluding hydrogens is 258 g/mol. The molecule has 0 amide bonds. The third-order valence-electron chi connectivity index (χ3n) is 5.57. The Morgan fingerprint density at radius 3 is 3.00 bits per heavy atom. The fourth-order valence-corrected chi connectivity index (χ4v) is 4.70. The van der Waals surface area contributed by atoms with Crippen molar-refractivity contribution in [3.63, 3.8) is 0 Å². The van der Waals surface area contributed by atoms with Crippen molar-refractivity contribution in [1.29, 1.82) is 0 Å². The van der Waals surface area contributed by atoms with Crippen LogP contribution in [0, 0.1) is 17.8 Å². The molecule has 2 aliphatic carbocycles. The van der Waals surface area contributed by atoms with Gasteiger partial charge in [-0.3, -0.25) is 0 Å². The largest absolute Gasteiger partial charge is 0.332 e. The summed E-state index contributed by atoms with van der Waals surface area (Å²) in [5.74, 6) is 2.84. The van der Waals surface area contributed by atoms with Crippen molar-refractivity contribution in [3.05, 3.63) is 30.1 Å². The van der Waals surface area contributed by atoms with Gasteiger partial charge in [-0.05, 0) is 68.1 Å². The van der Waals surface area contributed by atoms with Crippen LogP contribution in [0.4, 0.5) is 0 Å². The lowest BCUT2D eigenvalue weighted by molar-refractivity contribution is 0.298. The first-order valence-electron chi connectivity index (χ1n) is 8.39. The van der Waals surface area contributed by atoms with E-state index in [-0.39, 0.29) is 6.04 Å². The van der Waals surface area contributed by atoms with Gasteiger partial charge < -0.3 is 10.3 Å². The minimum absolute atomic E-state index is 0.201. The molecule has 4 rings (SSSR count). The van der Waals surface area contributed by atoms with E-state index >= 15 is 0 Å². The van der Waals surface area contributed by atoms with Crippen LogP contribution in [0.15, 0.2) is 24.5 Å². The Morgan fingerprint density at radius 2 is 2.29 bits per heavy atom. The third-order valence-corrected chi connectivity index (χ3v) is 5.57. The van der Waals surface area contributed by atoms with Gasteiger partial charge >= 0.3 is 0 Å². The van der Waals surface area contributed by atoms with Gasteiger partial charge in [-0.15, -0.1) is 0 Å². The summed E-state index contributed by atoms with van der Waals surface area (Å²) in [6, 6.07) is 4.43. The lowest BCUT2D eigenvalue weighted by Crippen LogP contribution is -2.18. The molecule has 2 heterocycles. The molecule has 2 aromatic rings. The molecule has 2 fully saturated rings. The van der Waals surface area contributed by atoms with Crippen molar-refractivity contribution in [2.24, 2.45) is 23.5 Å². The van der Waals surface area contributed by atoms with Gasteiger partial charge in [-0.25, -0.2) is 4.98 Å². The summed E-state index contributed by atoms with van der Waals surface area (Å²) in [6.07, 6.45) is 11.0. The maximum Gasteiger partial charge on any atom is 0.140 e. The first-order chi connectivity index (χ1) is 10.2. The Balaban J connectivity index is 1.65. The van der Waals surface area contributed by atoms with Crippen LogP contribution < -0.4 is 5.73 Å². The van der Waals surface area contributed by atoms with Crippen molar-refractivity contribution >= 4 is 11.0 Å². The molecule has 0 spiro atoms. The van der Waals surface area contributed by atoms with Crippen LogP contribution in [-0.4, -0.2) is 15.6 Å². The summed E-state index contributed by atoms with van der Waals surface area (Å²) in [6.45, 7) is 3.23. The first kappa shape index (κ1) is 13.3. The van der Waals surface area contributed by atoms with E-state index in [1.807, 2.05) is 12.3 Å². The SMILES string of the molecule is CC(N)Cc1cn(CC2CC3CCC2C3)c2ncccc12. The second kappa shape index (κ2) is 5.13. The lowest BCUT2D eigenvalue weighted by Gasteiger charge is -2.22. The number of hydrogen-bond acceptors (Lipinski definition) is 2. The summed E-state index contributed by atoms with van der Waals surface area (Å²) >= 11 is 0. The number of fused-ring (bicyclic) bond motifs is 3. The Labute approximate surface area is 126 Å². The third kappa shape index (κ3) is 2.38. The topological polar surface area (TPSA) is 43.8 Å². The quantitative estimate of drug-likeness (QED) is 0.935. The smallest absolute Gasteiger partial charge is 0.140 e. The second-order valence-electron chi connectivity index (χ2n) is 7.30. The van der Waals surface area contributed by atoms with E-state index in [4.69, 9.17) is 5.73 Å². The molecule has 2 saturated carbocycles. The van der Waals surface area contributed by atoms with Gasteiger partial charge in [0.2, 0.25) is 0 Å². The monoisotopic (exact) mass is 283 g/mol. The number of nitrogens with two attached hydrogens (primary N) is 1. The van der Waals surface area contributed by atoms with Gasteiger partial charge in [-0.2, -0.15) is 0 Å². The Morgan fingerprint density at radius 1 is 1.38 bits per heavy atom. The van der Waals surface area contributed by atoms with E-state index in [2.05, 4.69) is 28.7 Å². The second-order valence-corrected chi connectivity index (χ2v) is 7.30. The number of rotatable bonds is 4. The Bertz CT molecular complexity index is 643. The predicted molar refractivity (Wildman–Crippen MR) is 86.0 cm³/mol. The van der Waals surface area contributed by atoms with E-state index in [9.17, 15) is 0 Å². The normalized spacial score (nSPS) is 29.3. The van der Waals surface area contributed by atoms with E-state index in [0.717, 1.165) is 36.4 Å². The van der Waals surface area contributed by atoms with Crippen LogP contribution in [0.5, 0.6) is 0 Å². The van der Waals surface area contributed by atoms with Crippen LogP contribution in [-0.2, 0) is 13.0 Å². The minimum atomic E-state index is 0.201. The van der Waals surface area contributed by atoms with E-state index in [0.29, 0.717) is 0 Å². The summed E-state index contributed by atoms with van der Waals surface area (Å²) in [4.78, 5) is 4.64. The average molecular weight is 283 g/mol. The Hall–Kier alpha value is -1.35. The van der Waals surface area contributed by atoms with Crippen LogP contribution in [0.3, 0.4) is 0 Å². The summed E-state index contributed by atoms with van der Waals surface area (Å²) in [7, 11) is 0. The van der Waals surface area contributed by atoms with Crippen molar-refractivity contribution in [2.75, 3.05) is 0 Å².